The van der Waals surface area contributed by atoms with Crippen LogP contribution >= 0.6 is 15.9 Å². The van der Waals surface area contributed by atoms with Crippen LogP contribution in [-0.2, 0) is 6.18 Å². The van der Waals surface area contributed by atoms with Crippen LogP contribution in [0.3, 0.4) is 0 Å². The fourth-order valence-corrected chi connectivity index (χ4v) is 1.57. The Morgan fingerprint density at radius 2 is 1.94 bits per heavy atom. The van der Waals surface area contributed by atoms with Gasteiger partial charge in [0, 0.05) is 17.3 Å². The van der Waals surface area contributed by atoms with E-state index in [4.69, 9.17) is 0 Å². The predicted octanol–water partition coefficient (Wildman–Crippen LogP) is 3.81. The summed E-state index contributed by atoms with van der Waals surface area (Å²) in [7, 11) is 0. The number of carbonyl (C=O) groups is 1. The normalized spacial score (nSPS) is 11.6. The van der Waals surface area contributed by atoms with Crippen molar-refractivity contribution in [3.63, 3.8) is 0 Å². The third-order valence-electron chi connectivity index (χ3n) is 1.91. The van der Waals surface area contributed by atoms with Gasteiger partial charge in [-0.3, -0.25) is 4.79 Å². The molecule has 6 heteroatoms. The Bertz CT molecular complexity index is 400. The van der Waals surface area contributed by atoms with E-state index in [0.29, 0.717) is 18.2 Å². The van der Waals surface area contributed by atoms with Crippen LogP contribution in [0.25, 0.3) is 0 Å². The van der Waals surface area contributed by atoms with Crippen LogP contribution in [-0.4, -0.2) is 11.1 Å². The molecule has 1 rings (SSSR count). The minimum Gasteiger partial charge on any atom is -0.294 e. The van der Waals surface area contributed by atoms with Crippen molar-refractivity contribution in [3.05, 3.63) is 35.1 Å². The summed E-state index contributed by atoms with van der Waals surface area (Å²) in [4.78, 5) is 11.4. The van der Waals surface area contributed by atoms with Crippen molar-refractivity contribution in [1.29, 1.82) is 0 Å². The van der Waals surface area contributed by atoms with Crippen LogP contribution in [0.2, 0.25) is 0 Å². The second-order valence-electron chi connectivity index (χ2n) is 3.05. The average Bonchev–Trinajstić information content (AvgIpc) is 2.16. The van der Waals surface area contributed by atoms with Gasteiger partial charge in [-0.25, -0.2) is 4.39 Å². The predicted molar refractivity (Wildman–Crippen MR) is 54.1 cm³/mol. The standard InChI is InChI=1S/C10H7BrF4O/c11-4-3-9(16)7-5-6(12)1-2-8(7)10(13,14)15/h1-2,5H,3-4H2. The van der Waals surface area contributed by atoms with Crippen molar-refractivity contribution in [2.45, 2.75) is 12.6 Å². The smallest absolute Gasteiger partial charge is 0.294 e. The highest BCUT2D eigenvalue weighted by molar-refractivity contribution is 9.09. The maximum atomic E-state index is 12.8. The first-order valence-electron chi connectivity index (χ1n) is 4.32. The number of carbonyl (C=O) groups excluding carboxylic acids is 1. The lowest BCUT2D eigenvalue weighted by atomic mass is 10.0. The SMILES string of the molecule is O=C(CCBr)c1cc(F)ccc1C(F)(F)F. The molecule has 0 aliphatic rings. The highest BCUT2D eigenvalue weighted by atomic mass is 79.9. The molecule has 0 amide bonds. The maximum absolute atomic E-state index is 12.8. The monoisotopic (exact) mass is 298 g/mol. The van der Waals surface area contributed by atoms with Crippen molar-refractivity contribution < 1.29 is 22.4 Å². The second kappa shape index (κ2) is 4.95. The van der Waals surface area contributed by atoms with E-state index >= 15 is 0 Å². The number of rotatable bonds is 3. The summed E-state index contributed by atoms with van der Waals surface area (Å²) < 4.78 is 50.3. The van der Waals surface area contributed by atoms with Crippen molar-refractivity contribution in [3.8, 4) is 0 Å². The number of alkyl halides is 4. The van der Waals surface area contributed by atoms with Gasteiger partial charge >= 0.3 is 6.18 Å². The Morgan fingerprint density at radius 1 is 1.31 bits per heavy atom. The van der Waals surface area contributed by atoms with Gasteiger partial charge < -0.3 is 0 Å². The van der Waals surface area contributed by atoms with E-state index in [2.05, 4.69) is 15.9 Å². The first-order valence-corrected chi connectivity index (χ1v) is 5.44. The van der Waals surface area contributed by atoms with E-state index in [1.54, 1.807) is 0 Å². The Labute approximate surface area is 97.6 Å². The molecule has 1 nitrogen and oxygen atoms in total. The van der Waals surface area contributed by atoms with Gasteiger partial charge in [-0.05, 0) is 18.2 Å². The molecule has 0 unspecified atom stereocenters. The number of halogens is 5. The Hall–Kier alpha value is -0.910. The molecule has 0 spiro atoms. The Balaban J connectivity index is 3.24. The number of benzene rings is 1. The van der Waals surface area contributed by atoms with Gasteiger partial charge in [-0.15, -0.1) is 0 Å². The molecule has 1 aromatic rings. The molecule has 0 aliphatic carbocycles. The Kier molecular flexibility index (Phi) is 4.07. The average molecular weight is 299 g/mol. The zero-order valence-corrected chi connectivity index (χ0v) is 9.53. The molecule has 0 heterocycles. The molecular formula is C10H7BrF4O. The molecule has 0 saturated carbocycles. The van der Waals surface area contributed by atoms with Crippen LogP contribution in [0.15, 0.2) is 18.2 Å². The summed E-state index contributed by atoms with van der Waals surface area (Å²) in [6, 6.07) is 1.89. The molecule has 0 atom stereocenters. The lowest BCUT2D eigenvalue weighted by Crippen LogP contribution is -2.13. The van der Waals surface area contributed by atoms with E-state index in [9.17, 15) is 22.4 Å². The van der Waals surface area contributed by atoms with Crippen molar-refractivity contribution in [2.24, 2.45) is 0 Å². The topological polar surface area (TPSA) is 17.1 Å². The van der Waals surface area contributed by atoms with Crippen LogP contribution in [0.5, 0.6) is 0 Å². The number of Topliss-reactive ketones (excluding diaryl/α,β-unsaturated/α-hetero) is 1. The first kappa shape index (κ1) is 13.2. The summed E-state index contributed by atoms with van der Waals surface area (Å²) in [5.41, 5.74) is -1.72. The number of hydrogen-bond donors (Lipinski definition) is 0. The van der Waals surface area contributed by atoms with E-state index in [1.807, 2.05) is 0 Å². The molecule has 88 valence electrons. The summed E-state index contributed by atoms with van der Waals surface area (Å²) >= 11 is 2.94. The van der Waals surface area contributed by atoms with Gasteiger partial charge in [0.15, 0.2) is 5.78 Å². The quantitative estimate of drug-likeness (QED) is 0.471. The van der Waals surface area contributed by atoms with E-state index in [0.717, 1.165) is 0 Å². The van der Waals surface area contributed by atoms with Crippen molar-refractivity contribution in [1.82, 2.24) is 0 Å². The van der Waals surface area contributed by atoms with Crippen LogP contribution in [0.1, 0.15) is 22.3 Å². The molecule has 1 aromatic carbocycles. The van der Waals surface area contributed by atoms with Gasteiger partial charge in [-0.1, -0.05) is 15.9 Å². The second-order valence-corrected chi connectivity index (χ2v) is 3.84. The third kappa shape index (κ3) is 3.04. The van der Waals surface area contributed by atoms with Crippen LogP contribution < -0.4 is 0 Å². The third-order valence-corrected chi connectivity index (χ3v) is 2.31. The minimum absolute atomic E-state index is 0.105. The lowest BCUT2D eigenvalue weighted by Gasteiger charge is -2.11. The van der Waals surface area contributed by atoms with Crippen LogP contribution in [0, 0.1) is 5.82 Å². The molecular weight excluding hydrogens is 292 g/mol. The highest BCUT2D eigenvalue weighted by Crippen LogP contribution is 2.32. The fraction of sp³-hybridized carbons (Fsp3) is 0.300. The first-order chi connectivity index (χ1) is 7.36. The van der Waals surface area contributed by atoms with E-state index < -0.39 is 28.9 Å². The van der Waals surface area contributed by atoms with Crippen molar-refractivity contribution >= 4 is 21.7 Å². The summed E-state index contributed by atoms with van der Waals surface area (Å²) in [6.07, 6.45) is -4.75. The molecule has 0 fully saturated rings. The minimum atomic E-state index is -4.65. The Morgan fingerprint density at radius 3 is 2.44 bits per heavy atom. The largest absolute Gasteiger partial charge is 0.417 e. The van der Waals surface area contributed by atoms with Gasteiger partial charge in [0.05, 0.1) is 5.56 Å². The highest BCUT2D eigenvalue weighted by Gasteiger charge is 2.35. The fourth-order valence-electron chi connectivity index (χ4n) is 1.21. The summed E-state index contributed by atoms with van der Waals surface area (Å²) in [5.74, 6) is -1.59. The molecule has 0 radical (unpaired) electrons. The van der Waals surface area contributed by atoms with Crippen LogP contribution in [0.4, 0.5) is 17.6 Å². The zero-order chi connectivity index (χ0) is 12.3. The van der Waals surface area contributed by atoms with Gasteiger partial charge in [-0.2, -0.15) is 13.2 Å². The summed E-state index contributed by atoms with van der Waals surface area (Å²) in [5, 5.41) is 0.236. The number of hydrogen-bond acceptors (Lipinski definition) is 1. The van der Waals surface area contributed by atoms with Gasteiger partial charge in [0.25, 0.3) is 0 Å². The number of ketones is 1. The molecule has 0 N–H and O–H groups in total. The van der Waals surface area contributed by atoms with Crippen molar-refractivity contribution in [2.75, 3.05) is 5.33 Å². The molecule has 0 saturated heterocycles. The van der Waals surface area contributed by atoms with E-state index in [-0.39, 0.29) is 11.8 Å². The summed E-state index contributed by atoms with van der Waals surface area (Å²) in [6.45, 7) is 0. The molecule has 16 heavy (non-hydrogen) atoms. The molecule has 0 aromatic heterocycles. The zero-order valence-electron chi connectivity index (χ0n) is 7.94. The van der Waals surface area contributed by atoms with Gasteiger partial charge in [0.2, 0.25) is 0 Å². The molecule has 0 bridgehead atoms. The maximum Gasteiger partial charge on any atom is 0.417 e. The lowest BCUT2D eigenvalue weighted by molar-refractivity contribution is -0.137. The molecule has 0 aliphatic heterocycles. The van der Waals surface area contributed by atoms with E-state index in [1.165, 1.54) is 0 Å². The van der Waals surface area contributed by atoms with Gasteiger partial charge in [0.1, 0.15) is 5.82 Å².